The monoisotopic (exact) mass is 316 g/mol. The molecule has 1 aromatic rings. The highest BCUT2D eigenvalue weighted by molar-refractivity contribution is 7.89. The molecule has 6 heteroatoms. The molecule has 0 unspecified atom stereocenters. The van der Waals surface area contributed by atoms with Gasteiger partial charge in [0.25, 0.3) is 0 Å². The average Bonchev–Trinajstić information content (AvgIpc) is 2.45. The van der Waals surface area contributed by atoms with Crippen LogP contribution in [0.25, 0.3) is 0 Å². The van der Waals surface area contributed by atoms with Gasteiger partial charge in [-0.05, 0) is 44.0 Å². The zero-order valence-electron chi connectivity index (χ0n) is 13.2. The molecule has 0 radical (unpaired) electrons. The molecule has 0 aliphatic rings. The van der Waals surface area contributed by atoms with Crippen LogP contribution in [0.3, 0.4) is 0 Å². The molecule has 1 rings (SSSR count). The molecule has 0 aliphatic heterocycles. The van der Waals surface area contributed by atoms with Gasteiger partial charge in [0.05, 0.1) is 4.90 Å². The summed E-state index contributed by atoms with van der Waals surface area (Å²) in [4.78, 5) is 0.0107. The maximum Gasteiger partial charge on any atom is 0.241 e. The first-order valence-electron chi connectivity index (χ1n) is 7.31. The van der Waals surface area contributed by atoms with Gasteiger partial charge in [0.15, 0.2) is 0 Å². The number of halogens is 1. The molecule has 0 saturated heterocycles. The lowest BCUT2D eigenvalue weighted by atomic mass is 9.98. The highest BCUT2D eigenvalue weighted by atomic mass is 32.2. The standard InChI is InChI=1S/C15H25FN2O2S/c1-5-15(4,6-2)18-21(19,20)14-10-13(16)9-8-12(14)11-17-7-3/h8-10,17-18H,5-7,11H2,1-4H3. The van der Waals surface area contributed by atoms with Crippen molar-refractivity contribution in [1.82, 2.24) is 10.0 Å². The fourth-order valence-electron chi connectivity index (χ4n) is 1.96. The van der Waals surface area contributed by atoms with Crippen LogP contribution >= 0.6 is 0 Å². The van der Waals surface area contributed by atoms with Crippen molar-refractivity contribution in [3.05, 3.63) is 29.6 Å². The third-order valence-corrected chi connectivity index (χ3v) is 5.55. The highest BCUT2D eigenvalue weighted by Crippen LogP contribution is 2.22. The molecule has 0 spiro atoms. The molecule has 0 atom stereocenters. The molecule has 0 heterocycles. The minimum absolute atomic E-state index is 0.0107. The third kappa shape index (κ3) is 4.76. The van der Waals surface area contributed by atoms with Crippen molar-refractivity contribution in [2.24, 2.45) is 0 Å². The minimum atomic E-state index is -3.76. The minimum Gasteiger partial charge on any atom is -0.313 e. The summed E-state index contributed by atoms with van der Waals surface area (Å²) in [6.07, 6.45) is 1.33. The van der Waals surface area contributed by atoms with Crippen LogP contribution in [0.5, 0.6) is 0 Å². The van der Waals surface area contributed by atoms with E-state index < -0.39 is 21.4 Å². The predicted octanol–water partition coefficient (Wildman–Crippen LogP) is 2.79. The van der Waals surface area contributed by atoms with E-state index >= 15 is 0 Å². The van der Waals surface area contributed by atoms with Crippen molar-refractivity contribution in [2.75, 3.05) is 6.54 Å². The van der Waals surface area contributed by atoms with Crippen molar-refractivity contribution in [1.29, 1.82) is 0 Å². The Bertz CT molecular complexity index is 569. The Morgan fingerprint density at radius 1 is 1.19 bits per heavy atom. The second kappa shape index (κ2) is 7.33. The van der Waals surface area contributed by atoms with E-state index in [1.54, 1.807) is 0 Å². The number of hydrogen-bond acceptors (Lipinski definition) is 3. The van der Waals surface area contributed by atoms with Crippen LogP contribution in [0.15, 0.2) is 23.1 Å². The molecular formula is C15H25FN2O2S. The molecule has 0 fully saturated rings. The summed E-state index contributed by atoms with van der Waals surface area (Å²) in [6.45, 7) is 8.75. The first-order valence-corrected chi connectivity index (χ1v) is 8.79. The molecular weight excluding hydrogens is 291 g/mol. The first kappa shape index (κ1) is 18.1. The normalized spacial score (nSPS) is 12.6. The smallest absolute Gasteiger partial charge is 0.241 e. The van der Waals surface area contributed by atoms with Gasteiger partial charge in [0, 0.05) is 12.1 Å². The van der Waals surface area contributed by atoms with Crippen molar-refractivity contribution in [2.45, 2.75) is 57.5 Å². The number of rotatable bonds is 8. The molecule has 120 valence electrons. The van der Waals surface area contributed by atoms with Gasteiger partial charge in [-0.3, -0.25) is 0 Å². The molecule has 0 saturated carbocycles. The topological polar surface area (TPSA) is 58.2 Å². The van der Waals surface area contributed by atoms with E-state index in [0.29, 0.717) is 31.5 Å². The SMILES string of the molecule is CCNCc1ccc(F)cc1S(=O)(=O)NC(C)(CC)CC. The Labute approximate surface area is 127 Å². The molecule has 0 bridgehead atoms. The van der Waals surface area contributed by atoms with Crippen LogP contribution in [-0.2, 0) is 16.6 Å². The third-order valence-electron chi connectivity index (χ3n) is 3.83. The molecule has 1 aromatic carbocycles. The number of hydrogen-bond donors (Lipinski definition) is 2. The van der Waals surface area contributed by atoms with Crippen LogP contribution in [0.1, 0.15) is 46.1 Å². The summed E-state index contributed by atoms with van der Waals surface area (Å²) in [5, 5.41) is 3.07. The van der Waals surface area contributed by atoms with Gasteiger partial charge in [0.2, 0.25) is 10.0 Å². The van der Waals surface area contributed by atoms with E-state index in [1.165, 1.54) is 12.1 Å². The average molecular weight is 316 g/mol. The zero-order chi connectivity index (χ0) is 16.1. The van der Waals surface area contributed by atoms with E-state index in [0.717, 1.165) is 6.07 Å². The predicted molar refractivity (Wildman–Crippen MR) is 83.1 cm³/mol. The Morgan fingerprint density at radius 3 is 2.33 bits per heavy atom. The maximum absolute atomic E-state index is 13.5. The summed E-state index contributed by atoms with van der Waals surface area (Å²) in [6, 6.07) is 3.88. The zero-order valence-corrected chi connectivity index (χ0v) is 14.0. The first-order chi connectivity index (χ1) is 9.78. The van der Waals surface area contributed by atoms with Gasteiger partial charge in [-0.25, -0.2) is 17.5 Å². The van der Waals surface area contributed by atoms with Crippen LogP contribution in [0.4, 0.5) is 4.39 Å². The van der Waals surface area contributed by atoms with E-state index in [1.807, 2.05) is 27.7 Å². The summed E-state index contributed by atoms with van der Waals surface area (Å²) < 4.78 is 41.4. The quantitative estimate of drug-likeness (QED) is 0.775. The van der Waals surface area contributed by atoms with Gasteiger partial charge >= 0.3 is 0 Å². The molecule has 0 aliphatic carbocycles. The maximum atomic E-state index is 13.5. The Kier molecular flexibility index (Phi) is 6.31. The molecule has 4 nitrogen and oxygen atoms in total. The Hall–Kier alpha value is -0.980. The molecule has 0 amide bonds. The second-order valence-electron chi connectivity index (χ2n) is 5.41. The number of nitrogens with one attached hydrogen (secondary N) is 2. The summed E-state index contributed by atoms with van der Waals surface area (Å²) in [5.74, 6) is -0.551. The van der Waals surface area contributed by atoms with Crippen molar-refractivity contribution in [3.63, 3.8) is 0 Å². The van der Waals surface area contributed by atoms with Crippen LogP contribution in [0.2, 0.25) is 0 Å². The van der Waals surface area contributed by atoms with Crippen molar-refractivity contribution < 1.29 is 12.8 Å². The highest BCUT2D eigenvalue weighted by Gasteiger charge is 2.29. The van der Waals surface area contributed by atoms with Crippen molar-refractivity contribution >= 4 is 10.0 Å². The fourth-order valence-corrected chi connectivity index (χ4v) is 3.76. The van der Waals surface area contributed by atoms with E-state index in [4.69, 9.17) is 0 Å². The van der Waals surface area contributed by atoms with Gasteiger partial charge in [-0.2, -0.15) is 0 Å². The molecule has 2 N–H and O–H groups in total. The summed E-state index contributed by atoms with van der Waals surface area (Å²) >= 11 is 0. The van der Waals surface area contributed by atoms with Crippen LogP contribution in [0, 0.1) is 5.82 Å². The largest absolute Gasteiger partial charge is 0.313 e. The van der Waals surface area contributed by atoms with E-state index in [2.05, 4.69) is 10.0 Å². The van der Waals surface area contributed by atoms with Gasteiger partial charge in [-0.15, -0.1) is 0 Å². The Morgan fingerprint density at radius 2 is 1.81 bits per heavy atom. The van der Waals surface area contributed by atoms with Gasteiger partial charge in [0.1, 0.15) is 5.82 Å². The summed E-state index contributed by atoms with van der Waals surface area (Å²) in [5.41, 5.74) is 0.0426. The lowest BCUT2D eigenvalue weighted by Gasteiger charge is -2.28. The number of sulfonamides is 1. The molecule has 0 aromatic heterocycles. The van der Waals surface area contributed by atoms with E-state index in [9.17, 15) is 12.8 Å². The second-order valence-corrected chi connectivity index (χ2v) is 7.06. The lowest BCUT2D eigenvalue weighted by molar-refractivity contribution is 0.388. The lowest BCUT2D eigenvalue weighted by Crippen LogP contribution is -2.45. The van der Waals surface area contributed by atoms with Gasteiger partial charge < -0.3 is 5.32 Å². The fraction of sp³-hybridized carbons (Fsp3) is 0.600. The summed E-state index contributed by atoms with van der Waals surface area (Å²) in [7, 11) is -3.76. The van der Waals surface area contributed by atoms with Crippen molar-refractivity contribution in [3.8, 4) is 0 Å². The van der Waals surface area contributed by atoms with Crippen LogP contribution in [-0.4, -0.2) is 20.5 Å². The van der Waals surface area contributed by atoms with Gasteiger partial charge in [-0.1, -0.05) is 26.8 Å². The molecule has 21 heavy (non-hydrogen) atoms. The van der Waals surface area contributed by atoms with Crippen LogP contribution < -0.4 is 10.0 Å². The Balaban J connectivity index is 3.20. The number of benzene rings is 1. The van der Waals surface area contributed by atoms with E-state index in [-0.39, 0.29) is 4.90 Å².